The summed E-state index contributed by atoms with van der Waals surface area (Å²) in [4.78, 5) is 17.5. The van der Waals surface area contributed by atoms with Crippen LogP contribution in [-0.4, -0.2) is 53.9 Å². The first-order valence-electron chi connectivity index (χ1n) is 9.39. The molecule has 1 fully saturated rings. The fraction of sp³-hybridized carbons (Fsp3) is 0.318. The number of fused-ring (bicyclic) bond motifs is 1. The Morgan fingerprint density at radius 3 is 2.64 bits per heavy atom. The van der Waals surface area contributed by atoms with E-state index in [2.05, 4.69) is 16.8 Å². The number of benzene rings is 2. The summed E-state index contributed by atoms with van der Waals surface area (Å²) in [6.45, 7) is 6.15. The molecule has 0 amide bonds. The number of allylic oxidation sites excluding steroid dienone is 1. The molecule has 0 aliphatic carbocycles. The number of nitrogens with zero attached hydrogens (tertiary/aromatic N) is 2. The first-order valence-corrected chi connectivity index (χ1v) is 9.77. The van der Waals surface area contributed by atoms with Gasteiger partial charge in [-0.05, 0) is 43.3 Å². The number of halogens is 1. The molecule has 1 saturated heterocycles. The van der Waals surface area contributed by atoms with Gasteiger partial charge in [0.25, 0.3) is 0 Å². The van der Waals surface area contributed by atoms with Gasteiger partial charge in [-0.15, -0.1) is 0 Å². The first-order chi connectivity index (χ1) is 13.4. The van der Waals surface area contributed by atoms with Crippen LogP contribution in [0.2, 0.25) is 5.02 Å². The Bertz CT molecular complexity index is 962. The number of carbonyl (C=O) groups is 1. The highest BCUT2D eigenvalue weighted by molar-refractivity contribution is 6.32. The van der Waals surface area contributed by atoms with Gasteiger partial charge in [-0.25, -0.2) is 0 Å². The number of hydrogen-bond acceptors (Lipinski definition) is 5. The molecular weight excluding hydrogens is 376 g/mol. The Labute approximate surface area is 169 Å². The molecule has 5 nitrogen and oxygen atoms in total. The Hall–Kier alpha value is -2.34. The van der Waals surface area contributed by atoms with Gasteiger partial charge in [-0.3, -0.25) is 9.69 Å². The Morgan fingerprint density at radius 1 is 1.21 bits per heavy atom. The number of rotatable bonds is 3. The summed E-state index contributed by atoms with van der Waals surface area (Å²) in [6, 6.07) is 8.97. The topological polar surface area (TPSA) is 53.0 Å². The van der Waals surface area contributed by atoms with Crippen molar-refractivity contribution < 1.29 is 14.6 Å². The van der Waals surface area contributed by atoms with Crippen LogP contribution in [0.25, 0.3) is 6.08 Å². The molecule has 0 atom stereocenters. The quantitative estimate of drug-likeness (QED) is 0.798. The minimum absolute atomic E-state index is 0.168. The summed E-state index contributed by atoms with van der Waals surface area (Å²) in [5.41, 5.74) is 2.63. The summed E-state index contributed by atoms with van der Waals surface area (Å²) in [5, 5.41) is 11.1. The highest BCUT2D eigenvalue weighted by atomic mass is 35.5. The average molecular weight is 399 g/mol. The van der Waals surface area contributed by atoms with Gasteiger partial charge in [-0.1, -0.05) is 29.8 Å². The molecule has 0 saturated carbocycles. The molecule has 6 heteroatoms. The molecule has 0 aromatic heterocycles. The number of phenolic OH excluding ortho intramolecular Hbond substituents is 1. The van der Waals surface area contributed by atoms with Crippen molar-refractivity contribution in [3.63, 3.8) is 0 Å². The number of ketones is 1. The number of ether oxygens (including phenoxy) is 1. The maximum atomic E-state index is 13.0. The highest BCUT2D eigenvalue weighted by Crippen LogP contribution is 2.42. The summed E-state index contributed by atoms with van der Waals surface area (Å²) >= 11 is 6.23. The SMILES string of the molecule is Cc1cc(O)c(CN2CCN(C)CC2)c2c1C(=O)/C(=C/c1ccccc1Cl)O2. The van der Waals surface area contributed by atoms with Crippen LogP contribution in [0.15, 0.2) is 36.1 Å². The standard InChI is InChI=1S/C22H23ClN2O3/c1-14-11-18(26)16(13-25-9-7-24(2)8-10-25)22-20(14)21(27)19(28-22)12-15-5-3-4-6-17(15)23/h3-6,11-12,26H,7-10,13H2,1-2H3/b19-12-. The zero-order chi connectivity index (χ0) is 19.8. The summed E-state index contributed by atoms with van der Waals surface area (Å²) < 4.78 is 5.99. The molecule has 2 aromatic rings. The first kappa shape index (κ1) is 19.0. The predicted octanol–water partition coefficient (Wildman–Crippen LogP) is 3.72. The van der Waals surface area contributed by atoms with Crippen molar-refractivity contribution in [1.29, 1.82) is 0 Å². The van der Waals surface area contributed by atoms with Crippen LogP contribution in [-0.2, 0) is 6.54 Å². The molecular formula is C22H23ClN2O3. The highest BCUT2D eigenvalue weighted by Gasteiger charge is 2.34. The van der Waals surface area contributed by atoms with Gasteiger partial charge in [0.2, 0.25) is 5.78 Å². The molecule has 28 heavy (non-hydrogen) atoms. The van der Waals surface area contributed by atoms with Gasteiger partial charge in [0.15, 0.2) is 5.76 Å². The number of aromatic hydroxyl groups is 1. The van der Waals surface area contributed by atoms with E-state index in [1.165, 1.54) is 0 Å². The zero-order valence-electron chi connectivity index (χ0n) is 16.0. The van der Waals surface area contributed by atoms with Crippen LogP contribution in [0.4, 0.5) is 0 Å². The fourth-order valence-electron chi connectivity index (χ4n) is 3.70. The van der Waals surface area contributed by atoms with E-state index in [0.29, 0.717) is 34.0 Å². The lowest BCUT2D eigenvalue weighted by Crippen LogP contribution is -2.43. The number of aryl methyl sites for hydroxylation is 1. The minimum atomic E-state index is -0.174. The van der Waals surface area contributed by atoms with E-state index in [1.807, 2.05) is 25.1 Å². The van der Waals surface area contributed by atoms with Gasteiger partial charge in [0.05, 0.1) is 11.1 Å². The third kappa shape index (κ3) is 3.53. The maximum absolute atomic E-state index is 13.0. The molecule has 2 aliphatic rings. The molecule has 1 N–H and O–H groups in total. The van der Waals surface area contributed by atoms with Crippen LogP contribution in [0, 0.1) is 6.92 Å². The van der Waals surface area contributed by atoms with E-state index in [-0.39, 0.29) is 17.3 Å². The van der Waals surface area contributed by atoms with Crippen LogP contribution in [0.3, 0.4) is 0 Å². The third-order valence-electron chi connectivity index (χ3n) is 5.39. The molecule has 0 radical (unpaired) electrons. The second-order valence-electron chi connectivity index (χ2n) is 7.44. The van der Waals surface area contributed by atoms with Crippen molar-refractivity contribution in [2.75, 3.05) is 33.2 Å². The molecule has 146 valence electrons. The predicted molar refractivity (Wildman–Crippen MR) is 110 cm³/mol. The van der Waals surface area contributed by atoms with E-state index in [4.69, 9.17) is 16.3 Å². The maximum Gasteiger partial charge on any atom is 0.232 e. The second-order valence-corrected chi connectivity index (χ2v) is 7.84. The van der Waals surface area contributed by atoms with E-state index >= 15 is 0 Å². The Morgan fingerprint density at radius 2 is 1.93 bits per heavy atom. The molecule has 4 rings (SSSR count). The minimum Gasteiger partial charge on any atom is -0.507 e. The van der Waals surface area contributed by atoms with Crippen molar-refractivity contribution in [3.05, 3.63) is 63.4 Å². The summed E-state index contributed by atoms with van der Waals surface area (Å²) in [7, 11) is 2.10. The molecule has 0 bridgehead atoms. The van der Waals surface area contributed by atoms with Crippen LogP contribution < -0.4 is 4.74 Å². The van der Waals surface area contributed by atoms with Crippen molar-refractivity contribution in [3.8, 4) is 11.5 Å². The largest absolute Gasteiger partial charge is 0.507 e. The monoisotopic (exact) mass is 398 g/mol. The third-order valence-corrected chi connectivity index (χ3v) is 5.73. The Balaban J connectivity index is 1.69. The number of likely N-dealkylation sites (N-methyl/N-ethyl adjacent to an activating group) is 1. The van der Waals surface area contributed by atoms with Crippen LogP contribution in [0.1, 0.15) is 27.0 Å². The van der Waals surface area contributed by atoms with Crippen LogP contribution in [0.5, 0.6) is 11.5 Å². The number of Topliss-reactive ketones (excluding diaryl/α,β-unsaturated/α-hetero) is 1. The second kappa shape index (κ2) is 7.59. The van der Waals surface area contributed by atoms with Crippen molar-refractivity contribution in [2.45, 2.75) is 13.5 Å². The van der Waals surface area contributed by atoms with Crippen molar-refractivity contribution in [2.24, 2.45) is 0 Å². The molecule has 0 unspecified atom stereocenters. The molecule has 2 heterocycles. The van der Waals surface area contributed by atoms with Gasteiger partial charge in [0, 0.05) is 37.7 Å². The van der Waals surface area contributed by atoms with E-state index in [0.717, 1.165) is 31.7 Å². The number of piperazine rings is 1. The van der Waals surface area contributed by atoms with Crippen molar-refractivity contribution >= 4 is 23.5 Å². The lowest BCUT2D eigenvalue weighted by molar-refractivity contribution is 0.101. The van der Waals surface area contributed by atoms with Crippen molar-refractivity contribution in [1.82, 2.24) is 9.80 Å². The summed E-state index contributed by atoms with van der Waals surface area (Å²) in [5.74, 6) is 0.699. The Kier molecular flexibility index (Phi) is 5.15. The average Bonchev–Trinajstić information content (AvgIpc) is 2.99. The normalized spacial score (nSPS) is 19.1. The molecule has 0 spiro atoms. The molecule has 2 aliphatic heterocycles. The van der Waals surface area contributed by atoms with Gasteiger partial charge >= 0.3 is 0 Å². The van der Waals surface area contributed by atoms with Gasteiger partial charge in [-0.2, -0.15) is 0 Å². The fourth-order valence-corrected chi connectivity index (χ4v) is 3.89. The lowest BCUT2D eigenvalue weighted by atomic mass is 9.99. The number of hydrogen-bond donors (Lipinski definition) is 1. The van der Waals surface area contributed by atoms with Gasteiger partial charge < -0.3 is 14.7 Å². The number of phenols is 1. The smallest absolute Gasteiger partial charge is 0.232 e. The van der Waals surface area contributed by atoms with E-state index in [1.54, 1.807) is 18.2 Å². The molecule has 2 aromatic carbocycles. The van der Waals surface area contributed by atoms with Gasteiger partial charge in [0.1, 0.15) is 11.5 Å². The van der Waals surface area contributed by atoms with E-state index in [9.17, 15) is 9.90 Å². The lowest BCUT2D eigenvalue weighted by Gasteiger charge is -2.32. The number of carbonyl (C=O) groups excluding carboxylic acids is 1. The summed E-state index contributed by atoms with van der Waals surface area (Å²) in [6.07, 6.45) is 1.67. The van der Waals surface area contributed by atoms with E-state index < -0.39 is 0 Å². The van der Waals surface area contributed by atoms with Crippen LogP contribution >= 0.6 is 11.6 Å². The zero-order valence-corrected chi connectivity index (χ0v) is 16.8.